The summed E-state index contributed by atoms with van der Waals surface area (Å²) >= 11 is 0. The molecule has 6 N–H and O–H groups in total. The number of rotatable bonds is 5. The van der Waals surface area contributed by atoms with Crippen LogP contribution in [0.25, 0.3) is 11.2 Å². The van der Waals surface area contributed by atoms with E-state index in [1.54, 1.807) is 6.21 Å². The lowest BCUT2D eigenvalue weighted by Gasteiger charge is -2.16. The molecule has 1 aliphatic heterocycles. The second-order valence-electron chi connectivity index (χ2n) is 6.27. The average Bonchev–Trinajstić information content (AvgIpc) is 3.24. The van der Waals surface area contributed by atoms with Crippen molar-refractivity contribution in [1.82, 2.24) is 19.5 Å². The summed E-state index contributed by atoms with van der Waals surface area (Å²) in [5.74, 6) is 0.249. The summed E-state index contributed by atoms with van der Waals surface area (Å²) in [7, 11) is 0. The van der Waals surface area contributed by atoms with Crippen LogP contribution in [0.3, 0.4) is 0 Å². The molecular formula is C17H19N7O4. The molecule has 3 aromatic rings. The van der Waals surface area contributed by atoms with Gasteiger partial charge in [0.2, 0.25) is 5.95 Å². The van der Waals surface area contributed by atoms with Crippen molar-refractivity contribution in [2.75, 3.05) is 17.8 Å². The number of aliphatic hydroxyl groups is 3. The first-order chi connectivity index (χ1) is 13.6. The van der Waals surface area contributed by atoms with Crippen LogP contribution in [0.2, 0.25) is 0 Å². The van der Waals surface area contributed by atoms with E-state index < -0.39 is 31.1 Å². The third kappa shape index (κ3) is 3.27. The fraction of sp³-hybridized carbons (Fsp3) is 0.294. The number of aliphatic hydroxyl groups excluding tert-OH is 3. The molecule has 0 amide bonds. The van der Waals surface area contributed by atoms with Gasteiger partial charge in [-0.15, -0.1) is 0 Å². The molecule has 0 aliphatic carbocycles. The molecule has 28 heavy (non-hydrogen) atoms. The lowest BCUT2D eigenvalue weighted by Crippen LogP contribution is -2.33. The quantitative estimate of drug-likeness (QED) is 0.287. The smallest absolute Gasteiger partial charge is 0.247 e. The Morgan fingerprint density at radius 2 is 2.00 bits per heavy atom. The Morgan fingerprint density at radius 1 is 1.21 bits per heavy atom. The van der Waals surface area contributed by atoms with E-state index in [2.05, 4.69) is 25.5 Å². The largest absolute Gasteiger partial charge is 0.394 e. The minimum absolute atomic E-state index is 0.118. The van der Waals surface area contributed by atoms with Crippen molar-refractivity contribution < 1.29 is 20.1 Å². The molecule has 4 rings (SSSR count). The summed E-state index contributed by atoms with van der Waals surface area (Å²) in [6.45, 7) is -0.431. The van der Waals surface area contributed by atoms with Crippen LogP contribution in [-0.4, -0.2) is 66.0 Å². The van der Waals surface area contributed by atoms with E-state index in [-0.39, 0.29) is 11.8 Å². The van der Waals surface area contributed by atoms with Gasteiger partial charge in [-0.1, -0.05) is 30.3 Å². The lowest BCUT2D eigenvalue weighted by atomic mass is 10.1. The second-order valence-corrected chi connectivity index (χ2v) is 6.27. The van der Waals surface area contributed by atoms with Gasteiger partial charge in [0.15, 0.2) is 17.7 Å². The third-order valence-corrected chi connectivity index (χ3v) is 4.42. The molecule has 1 unspecified atom stereocenters. The first-order valence-corrected chi connectivity index (χ1v) is 8.55. The fourth-order valence-electron chi connectivity index (χ4n) is 2.99. The van der Waals surface area contributed by atoms with Crippen LogP contribution in [0.15, 0.2) is 41.8 Å². The molecule has 2 aromatic heterocycles. The molecule has 0 radical (unpaired) electrons. The lowest BCUT2D eigenvalue weighted by molar-refractivity contribution is -0.0511. The summed E-state index contributed by atoms with van der Waals surface area (Å²) in [6.07, 6.45) is -1.41. The Morgan fingerprint density at radius 3 is 2.71 bits per heavy atom. The fourth-order valence-corrected chi connectivity index (χ4v) is 2.99. The van der Waals surface area contributed by atoms with Crippen LogP contribution < -0.4 is 11.2 Å². The molecule has 1 fully saturated rings. The Hall–Kier alpha value is -3.12. The molecule has 11 heteroatoms. The van der Waals surface area contributed by atoms with Gasteiger partial charge in [-0.05, 0) is 5.56 Å². The van der Waals surface area contributed by atoms with Gasteiger partial charge in [0.05, 0.1) is 19.1 Å². The van der Waals surface area contributed by atoms with E-state index in [4.69, 9.17) is 10.5 Å². The Bertz CT molecular complexity index is 994. The molecule has 3 heterocycles. The van der Waals surface area contributed by atoms with E-state index in [1.165, 1.54) is 10.9 Å². The number of nitrogens with two attached hydrogens (primary N) is 1. The van der Waals surface area contributed by atoms with Crippen molar-refractivity contribution in [1.29, 1.82) is 0 Å². The predicted octanol–water partition coefficient (Wildman–Crippen LogP) is -0.534. The van der Waals surface area contributed by atoms with Gasteiger partial charge in [-0.3, -0.25) is 4.57 Å². The van der Waals surface area contributed by atoms with Crippen LogP contribution in [-0.2, 0) is 4.74 Å². The number of anilines is 2. The van der Waals surface area contributed by atoms with Crippen LogP contribution in [0.5, 0.6) is 0 Å². The van der Waals surface area contributed by atoms with Crippen molar-refractivity contribution >= 4 is 29.1 Å². The highest BCUT2D eigenvalue weighted by atomic mass is 16.6. The monoisotopic (exact) mass is 385 g/mol. The highest BCUT2D eigenvalue weighted by Gasteiger charge is 2.44. The van der Waals surface area contributed by atoms with Crippen molar-refractivity contribution in [3.05, 3.63) is 42.2 Å². The molecule has 4 atom stereocenters. The third-order valence-electron chi connectivity index (χ3n) is 4.42. The van der Waals surface area contributed by atoms with E-state index in [1.807, 2.05) is 30.3 Å². The predicted molar refractivity (Wildman–Crippen MR) is 100 cm³/mol. The number of hydrogen-bond donors (Lipinski definition) is 5. The molecule has 0 saturated carbocycles. The molecule has 1 aliphatic rings. The minimum atomic E-state index is -1.27. The van der Waals surface area contributed by atoms with Crippen LogP contribution in [0.1, 0.15) is 11.8 Å². The zero-order valence-corrected chi connectivity index (χ0v) is 14.6. The maximum atomic E-state index is 10.2. The molecule has 1 saturated heterocycles. The van der Waals surface area contributed by atoms with Crippen molar-refractivity contribution in [3.63, 3.8) is 0 Å². The van der Waals surface area contributed by atoms with Gasteiger partial charge in [0.25, 0.3) is 0 Å². The van der Waals surface area contributed by atoms with Crippen LogP contribution in [0, 0.1) is 0 Å². The molecule has 146 valence electrons. The summed E-state index contributed by atoms with van der Waals surface area (Å²) < 4.78 is 6.96. The number of benzene rings is 1. The Kier molecular flexibility index (Phi) is 4.88. The maximum absolute atomic E-state index is 10.2. The number of nitrogens with one attached hydrogen (secondary N) is 1. The Balaban J connectivity index is 1.63. The highest BCUT2D eigenvalue weighted by Crippen LogP contribution is 2.32. The van der Waals surface area contributed by atoms with Gasteiger partial charge in [0.1, 0.15) is 23.8 Å². The van der Waals surface area contributed by atoms with E-state index in [0.29, 0.717) is 11.2 Å². The molecule has 0 spiro atoms. The van der Waals surface area contributed by atoms with Gasteiger partial charge >= 0.3 is 0 Å². The normalized spacial score (nSPS) is 25.0. The number of nitrogen functional groups attached to an aromatic ring is 1. The number of aromatic nitrogens is 4. The topological polar surface area (TPSA) is 164 Å². The first-order valence-electron chi connectivity index (χ1n) is 8.55. The molecule has 11 nitrogen and oxygen atoms in total. The summed E-state index contributed by atoms with van der Waals surface area (Å²) in [5, 5.41) is 33.6. The minimum Gasteiger partial charge on any atom is -0.394 e. The van der Waals surface area contributed by atoms with Crippen LogP contribution >= 0.6 is 0 Å². The van der Waals surface area contributed by atoms with Gasteiger partial charge in [0, 0.05) is 0 Å². The highest BCUT2D eigenvalue weighted by molar-refractivity contribution is 5.83. The van der Waals surface area contributed by atoms with E-state index in [0.717, 1.165) is 5.56 Å². The van der Waals surface area contributed by atoms with Gasteiger partial charge < -0.3 is 25.8 Å². The molecule has 0 bridgehead atoms. The number of ether oxygens (including phenoxy) is 1. The maximum Gasteiger partial charge on any atom is 0.247 e. The Labute approximate surface area is 159 Å². The van der Waals surface area contributed by atoms with Crippen molar-refractivity contribution in [2.24, 2.45) is 5.10 Å². The first kappa shape index (κ1) is 18.3. The summed E-state index contributed by atoms with van der Waals surface area (Å²) in [4.78, 5) is 12.6. The van der Waals surface area contributed by atoms with Crippen molar-refractivity contribution in [2.45, 2.75) is 24.5 Å². The number of nitrogens with zero attached hydrogens (tertiary/aromatic N) is 5. The number of hydrazone groups is 1. The standard InChI is InChI=1S/C17H19N7O4/c18-14-11-15(22-17(21-14)23-20-6-9-4-2-1-3-5-9)24(8-19-11)16-13(27)12(26)10(7-25)28-16/h1-6,8,10,12-13,16,25-27H,7H2,(H3,18,21,22,23)/b20-6+/t10-,12+,13?,16-/m1/s1. The average molecular weight is 385 g/mol. The van der Waals surface area contributed by atoms with E-state index in [9.17, 15) is 15.3 Å². The summed E-state index contributed by atoms with van der Waals surface area (Å²) in [5.41, 5.74) is 10.2. The van der Waals surface area contributed by atoms with Crippen molar-refractivity contribution in [3.8, 4) is 0 Å². The van der Waals surface area contributed by atoms with Gasteiger partial charge in [-0.25, -0.2) is 10.4 Å². The number of hydrogen-bond acceptors (Lipinski definition) is 10. The van der Waals surface area contributed by atoms with Crippen LogP contribution in [0.4, 0.5) is 11.8 Å². The zero-order chi connectivity index (χ0) is 19.7. The molecular weight excluding hydrogens is 366 g/mol. The number of imidazole rings is 1. The molecule has 1 aromatic carbocycles. The van der Waals surface area contributed by atoms with Gasteiger partial charge in [-0.2, -0.15) is 15.1 Å². The zero-order valence-electron chi connectivity index (χ0n) is 14.6. The van der Waals surface area contributed by atoms with E-state index >= 15 is 0 Å². The number of fused-ring (bicyclic) bond motifs is 1. The second kappa shape index (κ2) is 7.48. The SMILES string of the molecule is Nc1nc(N/N=C/c2ccccc2)nc2c1ncn2[C@@H]1O[C@H](CO)[C@H](O)C1O. The summed E-state index contributed by atoms with van der Waals surface area (Å²) in [6, 6.07) is 9.46.